The summed E-state index contributed by atoms with van der Waals surface area (Å²) in [7, 11) is 0. The van der Waals surface area contributed by atoms with Crippen LogP contribution in [0.2, 0.25) is 0 Å². The molecular formula is C26H38N2O9. The van der Waals surface area contributed by atoms with Crippen LogP contribution in [0.4, 0.5) is 0 Å². The molecule has 0 aliphatic heterocycles. The van der Waals surface area contributed by atoms with Gasteiger partial charge in [0.15, 0.2) is 5.78 Å². The summed E-state index contributed by atoms with van der Waals surface area (Å²) >= 11 is 0. The predicted molar refractivity (Wildman–Crippen MR) is 134 cm³/mol. The van der Waals surface area contributed by atoms with Crippen LogP contribution in [0, 0.1) is 0 Å². The van der Waals surface area contributed by atoms with Crippen molar-refractivity contribution < 1.29 is 43.3 Å². The van der Waals surface area contributed by atoms with E-state index in [1.54, 1.807) is 12.1 Å². The summed E-state index contributed by atoms with van der Waals surface area (Å²) in [6, 6.07) is 6.17. The van der Waals surface area contributed by atoms with Crippen LogP contribution in [-0.2, 0) is 28.7 Å². The molecule has 11 nitrogen and oxygen atoms in total. The van der Waals surface area contributed by atoms with E-state index in [-0.39, 0.29) is 32.7 Å². The number of ether oxygens (including phenoxy) is 3. The average Bonchev–Trinajstić information content (AvgIpc) is 2.83. The number of nitrogens with one attached hydrogen (secondary N) is 2. The van der Waals surface area contributed by atoms with Crippen molar-refractivity contribution in [3.63, 3.8) is 0 Å². The van der Waals surface area contributed by atoms with Crippen molar-refractivity contribution in [2.24, 2.45) is 0 Å². The number of rotatable bonds is 18. The maximum absolute atomic E-state index is 12.0. The van der Waals surface area contributed by atoms with Crippen molar-refractivity contribution in [1.82, 2.24) is 10.6 Å². The Bertz CT molecular complexity index is 892. The maximum atomic E-state index is 12.0. The number of Topliss-reactive ketones (excluding diaryl/α,β-unsaturated/α-hetero) is 1. The first-order valence-electron chi connectivity index (χ1n) is 12.4. The zero-order valence-electron chi connectivity index (χ0n) is 21.8. The van der Waals surface area contributed by atoms with Crippen molar-refractivity contribution in [2.75, 3.05) is 32.9 Å². The lowest BCUT2D eigenvalue weighted by atomic mass is 9.97. The molecule has 0 saturated carbocycles. The molecule has 2 amide bonds. The van der Waals surface area contributed by atoms with E-state index in [4.69, 9.17) is 14.2 Å². The molecule has 0 radical (unpaired) electrons. The molecule has 3 N–H and O–H groups in total. The number of aliphatic hydroxyl groups is 1. The Kier molecular flexibility index (Phi) is 14.6. The van der Waals surface area contributed by atoms with Gasteiger partial charge in [0.1, 0.15) is 37.4 Å². The third kappa shape index (κ3) is 14.6. The van der Waals surface area contributed by atoms with E-state index in [1.807, 2.05) is 0 Å². The molecular weight excluding hydrogens is 484 g/mol. The second-order valence-electron chi connectivity index (χ2n) is 8.82. The SMILES string of the molecule is CCCCCCOC(=O)CC(=O)NCCNC(=O)CC(=O)OCCOc1ccc(C(=O)C(C)(C)O)cc1. The Morgan fingerprint density at radius 2 is 1.32 bits per heavy atom. The van der Waals surface area contributed by atoms with Gasteiger partial charge < -0.3 is 30.0 Å². The smallest absolute Gasteiger partial charge is 0.315 e. The van der Waals surface area contributed by atoms with Gasteiger partial charge in [0.25, 0.3) is 0 Å². The van der Waals surface area contributed by atoms with Gasteiger partial charge in [0, 0.05) is 18.7 Å². The predicted octanol–water partition coefficient (Wildman–Crippen LogP) is 1.70. The summed E-state index contributed by atoms with van der Waals surface area (Å²) in [5.74, 6) is -2.38. The molecule has 0 aliphatic rings. The van der Waals surface area contributed by atoms with Crippen molar-refractivity contribution in [1.29, 1.82) is 0 Å². The molecule has 11 heteroatoms. The van der Waals surface area contributed by atoms with Crippen LogP contribution in [0.3, 0.4) is 0 Å². The van der Waals surface area contributed by atoms with E-state index in [1.165, 1.54) is 26.0 Å². The maximum Gasteiger partial charge on any atom is 0.315 e. The molecule has 0 heterocycles. The molecule has 1 aromatic carbocycles. The van der Waals surface area contributed by atoms with Gasteiger partial charge in [-0.05, 0) is 44.5 Å². The number of ketones is 1. The molecule has 0 spiro atoms. The topological polar surface area (TPSA) is 157 Å². The molecule has 0 saturated heterocycles. The summed E-state index contributed by atoms with van der Waals surface area (Å²) in [6.45, 7) is 5.33. The van der Waals surface area contributed by atoms with Crippen LogP contribution >= 0.6 is 0 Å². The second-order valence-corrected chi connectivity index (χ2v) is 8.82. The molecule has 206 valence electrons. The van der Waals surface area contributed by atoms with E-state index in [0.717, 1.165) is 25.7 Å². The fourth-order valence-corrected chi connectivity index (χ4v) is 2.98. The highest BCUT2D eigenvalue weighted by atomic mass is 16.6. The molecule has 0 aliphatic carbocycles. The van der Waals surface area contributed by atoms with E-state index in [9.17, 15) is 29.1 Å². The Morgan fingerprint density at radius 3 is 1.84 bits per heavy atom. The number of hydrogen-bond acceptors (Lipinski definition) is 9. The van der Waals surface area contributed by atoms with E-state index in [0.29, 0.717) is 17.9 Å². The number of hydrogen-bond donors (Lipinski definition) is 3. The third-order valence-electron chi connectivity index (χ3n) is 4.93. The molecule has 1 rings (SSSR count). The standard InChI is InChI=1S/C26H38N2O9/c1-4-5-6-7-14-36-23(31)17-21(29)27-12-13-28-22(30)18-24(32)37-16-15-35-20-10-8-19(9-11-20)25(33)26(2,3)34/h8-11,34H,4-7,12-18H2,1-3H3,(H,27,29)(H,28,30). The van der Waals surface area contributed by atoms with Crippen LogP contribution < -0.4 is 15.4 Å². The lowest BCUT2D eigenvalue weighted by molar-refractivity contribution is -0.148. The van der Waals surface area contributed by atoms with Gasteiger partial charge in [-0.1, -0.05) is 26.2 Å². The first kappa shape index (κ1) is 31.6. The lowest BCUT2D eigenvalue weighted by Crippen LogP contribution is -2.36. The monoisotopic (exact) mass is 522 g/mol. The van der Waals surface area contributed by atoms with Crippen LogP contribution in [0.5, 0.6) is 5.75 Å². The fraction of sp³-hybridized carbons (Fsp3) is 0.577. The molecule has 37 heavy (non-hydrogen) atoms. The van der Waals surface area contributed by atoms with Crippen LogP contribution in [0.1, 0.15) is 69.7 Å². The number of carbonyl (C=O) groups is 5. The molecule has 0 atom stereocenters. The van der Waals surface area contributed by atoms with Gasteiger partial charge in [0.05, 0.1) is 6.61 Å². The highest BCUT2D eigenvalue weighted by molar-refractivity contribution is 6.01. The van der Waals surface area contributed by atoms with E-state index >= 15 is 0 Å². The summed E-state index contributed by atoms with van der Waals surface area (Å²) in [5, 5.41) is 14.7. The lowest BCUT2D eigenvalue weighted by Gasteiger charge is -2.15. The Labute approximate surface area is 217 Å². The van der Waals surface area contributed by atoms with Crippen LogP contribution in [0.25, 0.3) is 0 Å². The zero-order chi connectivity index (χ0) is 27.7. The molecule has 0 aromatic heterocycles. The Morgan fingerprint density at radius 1 is 0.784 bits per heavy atom. The number of esters is 2. The van der Waals surface area contributed by atoms with Gasteiger partial charge in [-0.15, -0.1) is 0 Å². The first-order valence-corrected chi connectivity index (χ1v) is 12.4. The Hall–Kier alpha value is -3.47. The van der Waals surface area contributed by atoms with Gasteiger partial charge in [-0.3, -0.25) is 24.0 Å². The highest BCUT2D eigenvalue weighted by Crippen LogP contribution is 2.17. The molecule has 1 aromatic rings. The largest absolute Gasteiger partial charge is 0.490 e. The summed E-state index contributed by atoms with van der Waals surface area (Å²) < 4.78 is 15.4. The van der Waals surface area contributed by atoms with Crippen molar-refractivity contribution in [3.8, 4) is 5.75 Å². The quantitative estimate of drug-likeness (QED) is 0.113. The number of carbonyl (C=O) groups excluding carboxylic acids is 5. The van der Waals surface area contributed by atoms with Gasteiger partial charge >= 0.3 is 11.9 Å². The van der Waals surface area contributed by atoms with E-state index < -0.39 is 41.6 Å². The number of unbranched alkanes of at least 4 members (excludes halogenated alkanes) is 3. The van der Waals surface area contributed by atoms with Crippen molar-refractivity contribution in [2.45, 2.75) is 64.9 Å². The molecule has 0 fully saturated rings. The fourth-order valence-electron chi connectivity index (χ4n) is 2.98. The Balaban J connectivity index is 2.12. The average molecular weight is 523 g/mol. The number of benzene rings is 1. The van der Waals surface area contributed by atoms with E-state index in [2.05, 4.69) is 17.6 Å². The first-order chi connectivity index (χ1) is 17.5. The summed E-state index contributed by atoms with van der Waals surface area (Å²) in [6.07, 6.45) is 3.01. The minimum Gasteiger partial charge on any atom is -0.490 e. The highest BCUT2D eigenvalue weighted by Gasteiger charge is 2.25. The van der Waals surface area contributed by atoms with Gasteiger partial charge in [0.2, 0.25) is 11.8 Å². The van der Waals surface area contributed by atoms with Gasteiger partial charge in [-0.25, -0.2) is 0 Å². The molecule has 0 unspecified atom stereocenters. The number of amides is 2. The third-order valence-corrected chi connectivity index (χ3v) is 4.93. The van der Waals surface area contributed by atoms with Crippen molar-refractivity contribution in [3.05, 3.63) is 29.8 Å². The minimum absolute atomic E-state index is 0.0410. The zero-order valence-corrected chi connectivity index (χ0v) is 21.8. The molecule has 0 bridgehead atoms. The minimum atomic E-state index is -1.47. The summed E-state index contributed by atoms with van der Waals surface area (Å²) in [5.41, 5.74) is -1.13. The van der Waals surface area contributed by atoms with Gasteiger partial charge in [-0.2, -0.15) is 0 Å². The normalized spacial score (nSPS) is 10.8. The van der Waals surface area contributed by atoms with Crippen LogP contribution in [-0.4, -0.2) is 73.2 Å². The second kappa shape index (κ2) is 17.1. The summed E-state index contributed by atoms with van der Waals surface area (Å²) in [4.78, 5) is 58.8. The van der Waals surface area contributed by atoms with Crippen LogP contribution in [0.15, 0.2) is 24.3 Å². The van der Waals surface area contributed by atoms with Crippen molar-refractivity contribution >= 4 is 29.5 Å².